The minimum Gasteiger partial charge on any atom is -0.324 e. The fraction of sp³-hybridized carbons (Fsp3) is 0.417. The molecule has 0 heterocycles. The topological polar surface area (TPSA) is 98.3 Å². The Hall–Kier alpha value is -1.95. The van der Waals surface area contributed by atoms with Crippen LogP contribution >= 0.6 is 0 Å². The number of anilines is 1. The van der Waals surface area contributed by atoms with Gasteiger partial charge in [0.05, 0.1) is 11.0 Å². The number of aryl methyl sites for hydroxylation is 1. The molecule has 18 heavy (non-hydrogen) atoms. The van der Waals surface area contributed by atoms with Crippen LogP contribution in [-0.4, -0.2) is 16.9 Å². The van der Waals surface area contributed by atoms with Crippen molar-refractivity contribution in [2.75, 3.05) is 5.32 Å². The highest BCUT2D eigenvalue weighted by molar-refractivity contribution is 5.94. The molecule has 6 heteroatoms. The second-order valence-corrected chi connectivity index (χ2v) is 4.14. The molecular weight excluding hydrogens is 234 g/mol. The maximum absolute atomic E-state index is 11.7. The molecule has 0 aromatic heterocycles. The molecule has 0 radical (unpaired) electrons. The maximum Gasteiger partial charge on any atom is 0.274 e. The highest BCUT2D eigenvalue weighted by Gasteiger charge is 2.15. The van der Waals surface area contributed by atoms with Gasteiger partial charge >= 0.3 is 0 Å². The Morgan fingerprint density at radius 2 is 2.22 bits per heavy atom. The normalized spacial score (nSPS) is 11.9. The fourth-order valence-corrected chi connectivity index (χ4v) is 1.56. The lowest BCUT2D eigenvalue weighted by molar-refractivity contribution is -0.385. The molecular formula is C12H17N3O3. The number of nitrogens with two attached hydrogens (primary N) is 1. The Labute approximate surface area is 105 Å². The van der Waals surface area contributed by atoms with E-state index in [1.54, 1.807) is 19.1 Å². The van der Waals surface area contributed by atoms with Crippen LogP contribution in [0.25, 0.3) is 0 Å². The first-order valence-corrected chi connectivity index (χ1v) is 5.77. The van der Waals surface area contributed by atoms with E-state index in [1.165, 1.54) is 6.07 Å². The number of amides is 1. The van der Waals surface area contributed by atoms with Crippen LogP contribution in [0, 0.1) is 17.0 Å². The molecule has 0 saturated heterocycles. The van der Waals surface area contributed by atoms with Crippen LogP contribution in [0.1, 0.15) is 25.3 Å². The molecule has 98 valence electrons. The third kappa shape index (κ3) is 3.53. The van der Waals surface area contributed by atoms with E-state index >= 15 is 0 Å². The molecule has 1 rings (SSSR count). The number of nitrogens with one attached hydrogen (secondary N) is 1. The van der Waals surface area contributed by atoms with Gasteiger partial charge in [0.1, 0.15) is 0 Å². The molecule has 0 saturated carbocycles. The Balaban J connectivity index is 2.82. The molecule has 0 aliphatic carbocycles. The molecule has 0 aliphatic rings. The van der Waals surface area contributed by atoms with Gasteiger partial charge in [-0.25, -0.2) is 0 Å². The van der Waals surface area contributed by atoms with Gasteiger partial charge in [0.2, 0.25) is 5.91 Å². The Morgan fingerprint density at radius 3 is 2.78 bits per heavy atom. The number of benzene rings is 1. The lowest BCUT2D eigenvalue weighted by Crippen LogP contribution is -2.35. The van der Waals surface area contributed by atoms with Crippen molar-refractivity contribution >= 4 is 17.3 Å². The van der Waals surface area contributed by atoms with Gasteiger partial charge in [-0.05, 0) is 19.4 Å². The molecule has 0 aliphatic heterocycles. The maximum atomic E-state index is 11.7. The predicted octanol–water partition coefficient (Wildman–Crippen LogP) is 1.97. The van der Waals surface area contributed by atoms with Crippen molar-refractivity contribution < 1.29 is 9.72 Å². The summed E-state index contributed by atoms with van der Waals surface area (Å²) < 4.78 is 0. The number of nitro benzene ring substituents is 1. The quantitative estimate of drug-likeness (QED) is 0.617. The molecule has 1 atom stereocenters. The summed E-state index contributed by atoms with van der Waals surface area (Å²) in [6.45, 7) is 3.58. The summed E-state index contributed by atoms with van der Waals surface area (Å²) >= 11 is 0. The van der Waals surface area contributed by atoms with Crippen molar-refractivity contribution in [1.29, 1.82) is 0 Å². The fourth-order valence-electron chi connectivity index (χ4n) is 1.56. The molecule has 0 spiro atoms. The third-order valence-electron chi connectivity index (χ3n) is 2.61. The zero-order valence-corrected chi connectivity index (χ0v) is 10.5. The molecule has 3 N–H and O–H groups in total. The first-order chi connectivity index (χ1) is 8.45. The van der Waals surface area contributed by atoms with Gasteiger partial charge in [-0.15, -0.1) is 0 Å². The largest absolute Gasteiger partial charge is 0.324 e. The predicted molar refractivity (Wildman–Crippen MR) is 69.3 cm³/mol. The first kappa shape index (κ1) is 14.1. The van der Waals surface area contributed by atoms with E-state index < -0.39 is 11.0 Å². The molecule has 6 nitrogen and oxygen atoms in total. The van der Waals surface area contributed by atoms with Gasteiger partial charge in [0.15, 0.2) is 0 Å². The van der Waals surface area contributed by atoms with Gasteiger partial charge in [-0.3, -0.25) is 14.9 Å². The number of rotatable bonds is 5. The summed E-state index contributed by atoms with van der Waals surface area (Å²) in [7, 11) is 0. The van der Waals surface area contributed by atoms with E-state index in [9.17, 15) is 14.9 Å². The SMILES string of the molecule is CCCC(N)C(=O)Nc1ccc(C)c([N+](=O)[O-])c1. The van der Waals surface area contributed by atoms with Crippen LogP contribution in [0.2, 0.25) is 0 Å². The van der Waals surface area contributed by atoms with E-state index in [2.05, 4.69) is 5.32 Å². The summed E-state index contributed by atoms with van der Waals surface area (Å²) in [6, 6.07) is 3.97. The molecule has 0 fully saturated rings. The van der Waals surface area contributed by atoms with Crippen LogP contribution < -0.4 is 11.1 Å². The highest BCUT2D eigenvalue weighted by Crippen LogP contribution is 2.22. The third-order valence-corrected chi connectivity index (χ3v) is 2.61. The van der Waals surface area contributed by atoms with Crippen LogP contribution in [0.3, 0.4) is 0 Å². The average Bonchev–Trinajstić information content (AvgIpc) is 2.31. The van der Waals surface area contributed by atoms with E-state index in [1.807, 2.05) is 6.92 Å². The zero-order valence-electron chi connectivity index (χ0n) is 10.5. The number of hydrogen-bond acceptors (Lipinski definition) is 4. The minimum absolute atomic E-state index is 0.0168. The van der Waals surface area contributed by atoms with Gasteiger partial charge < -0.3 is 11.1 Å². The number of nitro groups is 1. The van der Waals surface area contributed by atoms with Crippen LogP contribution in [0.15, 0.2) is 18.2 Å². The van der Waals surface area contributed by atoms with Gasteiger partial charge in [0.25, 0.3) is 5.69 Å². The lowest BCUT2D eigenvalue weighted by Gasteiger charge is -2.11. The number of carbonyl (C=O) groups excluding carboxylic acids is 1. The summed E-state index contributed by atoms with van der Waals surface area (Å²) in [5, 5.41) is 13.3. The summed E-state index contributed by atoms with van der Waals surface area (Å²) in [6.07, 6.45) is 1.39. The van der Waals surface area contributed by atoms with Gasteiger partial charge in [0, 0.05) is 17.3 Å². The van der Waals surface area contributed by atoms with Crippen LogP contribution in [-0.2, 0) is 4.79 Å². The minimum atomic E-state index is -0.588. The monoisotopic (exact) mass is 251 g/mol. The van der Waals surface area contributed by atoms with E-state index in [4.69, 9.17) is 5.73 Å². The molecule has 1 unspecified atom stereocenters. The first-order valence-electron chi connectivity index (χ1n) is 5.77. The number of hydrogen-bond donors (Lipinski definition) is 2. The Bertz CT molecular complexity index is 460. The van der Waals surface area contributed by atoms with Crippen LogP contribution in [0.5, 0.6) is 0 Å². The second-order valence-electron chi connectivity index (χ2n) is 4.14. The van der Waals surface area contributed by atoms with Gasteiger partial charge in [-0.1, -0.05) is 19.4 Å². The zero-order chi connectivity index (χ0) is 13.7. The Morgan fingerprint density at radius 1 is 1.56 bits per heavy atom. The molecule has 1 aromatic rings. The molecule has 1 amide bonds. The molecule has 1 aromatic carbocycles. The summed E-state index contributed by atoms with van der Waals surface area (Å²) in [5.41, 5.74) is 6.58. The van der Waals surface area contributed by atoms with Crippen molar-refractivity contribution in [1.82, 2.24) is 0 Å². The van der Waals surface area contributed by atoms with Crippen molar-refractivity contribution in [2.45, 2.75) is 32.7 Å². The second kappa shape index (κ2) is 6.11. The smallest absolute Gasteiger partial charge is 0.274 e. The van der Waals surface area contributed by atoms with E-state index in [-0.39, 0.29) is 11.6 Å². The van der Waals surface area contributed by atoms with Gasteiger partial charge in [-0.2, -0.15) is 0 Å². The lowest BCUT2D eigenvalue weighted by atomic mass is 10.1. The van der Waals surface area contributed by atoms with E-state index in [0.29, 0.717) is 17.7 Å². The molecule has 0 bridgehead atoms. The standard InChI is InChI=1S/C12H17N3O3/c1-3-4-10(13)12(16)14-9-6-5-8(2)11(7-9)15(17)18/h5-7,10H,3-4,13H2,1-2H3,(H,14,16). The van der Waals surface area contributed by atoms with Crippen molar-refractivity contribution in [3.05, 3.63) is 33.9 Å². The average molecular weight is 251 g/mol. The van der Waals surface area contributed by atoms with Crippen molar-refractivity contribution in [3.8, 4) is 0 Å². The number of carbonyl (C=O) groups is 1. The van der Waals surface area contributed by atoms with Crippen LogP contribution in [0.4, 0.5) is 11.4 Å². The van der Waals surface area contributed by atoms with E-state index in [0.717, 1.165) is 6.42 Å². The van der Waals surface area contributed by atoms with Crippen molar-refractivity contribution in [2.24, 2.45) is 5.73 Å². The summed E-state index contributed by atoms with van der Waals surface area (Å²) in [4.78, 5) is 22.0. The summed E-state index contributed by atoms with van der Waals surface area (Å²) in [5.74, 6) is -0.324. The number of nitrogens with zero attached hydrogens (tertiary/aromatic N) is 1. The highest BCUT2D eigenvalue weighted by atomic mass is 16.6. The van der Waals surface area contributed by atoms with Crippen molar-refractivity contribution in [3.63, 3.8) is 0 Å². The Kier molecular flexibility index (Phi) is 4.79.